The fraction of sp³-hybridized carbons (Fsp3) is 0.263. The second-order valence-corrected chi connectivity index (χ2v) is 5.87. The largest absolute Gasteiger partial charge is 0.465 e. The third-order valence-corrected chi connectivity index (χ3v) is 4.03. The van der Waals surface area contributed by atoms with Crippen LogP contribution in [0.2, 0.25) is 5.02 Å². The number of aryl methyl sites for hydroxylation is 1. The summed E-state index contributed by atoms with van der Waals surface area (Å²) in [6, 6.07) is 12.7. The number of rotatable bonds is 7. The maximum atomic E-state index is 12.1. The Balaban J connectivity index is 1.88. The molecule has 0 saturated heterocycles. The summed E-state index contributed by atoms with van der Waals surface area (Å²) >= 11 is 6.06. The second kappa shape index (κ2) is 9.08. The van der Waals surface area contributed by atoms with Crippen molar-refractivity contribution in [2.45, 2.75) is 19.8 Å². The van der Waals surface area contributed by atoms with Crippen LogP contribution in [-0.2, 0) is 16.0 Å². The van der Waals surface area contributed by atoms with Gasteiger partial charge in [-0.1, -0.05) is 30.7 Å². The average molecular weight is 361 g/mol. The van der Waals surface area contributed by atoms with Gasteiger partial charge < -0.3 is 15.4 Å². The zero-order valence-corrected chi connectivity index (χ0v) is 15.0. The fourth-order valence-corrected chi connectivity index (χ4v) is 2.42. The topological polar surface area (TPSA) is 67.4 Å². The molecule has 2 N–H and O–H groups in total. The van der Waals surface area contributed by atoms with Gasteiger partial charge in [0.1, 0.15) is 0 Å². The molecule has 0 atom stereocenters. The molecule has 2 aromatic rings. The van der Waals surface area contributed by atoms with Crippen LogP contribution in [0.3, 0.4) is 0 Å². The molecule has 0 bridgehead atoms. The number of hydrogen-bond acceptors (Lipinski definition) is 4. The van der Waals surface area contributed by atoms with Crippen LogP contribution in [0.5, 0.6) is 0 Å². The van der Waals surface area contributed by atoms with Gasteiger partial charge in [0, 0.05) is 18.7 Å². The van der Waals surface area contributed by atoms with Gasteiger partial charge in [-0.05, 0) is 42.3 Å². The summed E-state index contributed by atoms with van der Waals surface area (Å²) in [4.78, 5) is 23.6. The van der Waals surface area contributed by atoms with Crippen molar-refractivity contribution < 1.29 is 14.3 Å². The van der Waals surface area contributed by atoms with Gasteiger partial charge in [0.15, 0.2) is 0 Å². The maximum Gasteiger partial charge on any atom is 0.337 e. The van der Waals surface area contributed by atoms with E-state index < -0.39 is 5.97 Å². The van der Waals surface area contributed by atoms with E-state index in [1.165, 1.54) is 18.7 Å². The molecule has 2 rings (SSSR count). The quantitative estimate of drug-likeness (QED) is 0.728. The zero-order chi connectivity index (χ0) is 18.2. The zero-order valence-electron chi connectivity index (χ0n) is 14.3. The van der Waals surface area contributed by atoms with Gasteiger partial charge in [0.05, 0.1) is 23.4 Å². The van der Waals surface area contributed by atoms with E-state index in [-0.39, 0.29) is 12.3 Å². The molecule has 0 heterocycles. The molecule has 0 saturated carbocycles. The van der Waals surface area contributed by atoms with Crippen molar-refractivity contribution in [2.75, 3.05) is 24.3 Å². The molecule has 1 amide bonds. The summed E-state index contributed by atoms with van der Waals surface area (Å²) in [6.07, 6.45) is 1.27. The Hall–Kier alpha value is -2.53. The summed E-state index contributed by atoms with van der Waals surface area (Å²) in [5.74, 6) is -0.675. The van der Waals surface area contributed by atoms with E-state index in [0.29, 0.717) is 22.8 Å². The first-order valence-electron chi connectivity index (χ1n) is 8.04. The predicted molar refractivity (Wildman–Crippen MR) is 100 cm³/mol. The van der Waals surface area contributed by atoms with Gasteiger partial charge >= 0.3 is 5.97 Å². The highest BCUT2D eigenvalue weighted by molar-refractivity contribution is 6.33. The molecule has 25 heavy (non-hydrogen) atoms. The van der Waals surface area contributed by atoms with Gasteiger partial charge in [0.2, 0.25) is 5.91 Å². The molecule has 132 valence electrons. The third kappa shape index (κ3) is 5.50. The number of esters is 1. The first-order chi connectivity index (χ1) is 12.0. The van der Waals surface area contributed by atoms with E-state index in [2.05, 4.69) is 34.4 Å². The lowest BCUT2D eigenvalue weighted by atomic mass is 10.1. The summed E-state index contributed by atoms with van der Waals surface area (Å²) in [7, 11) is 1.30. The SMILES string of the molecule is CCc1ccc(NCCC(=O)Nc2cc(C(=O)OC)ccc2Cl)cc1. The molecular weight excluding hydrogens is 340 g/mol. The number of carbonyl (C=O) groups excluding carboxylic acids is 2. The Kier molecular flexibility index (Phi) is 6.83. The van der Waals surface area contributed by atoms with Crippen LogP contribution in [0.15, 0.2) is 42.5 Å². The molecule has 0 aliphatic rings. The lowest BCUT2D eigenvalue weighted by Gasteiger charge is -2.10. The fourth-order valence-electron chi connectivity index (χ4n) is 2.26. The molecule has 0 radical (unpaired) electrons. The number of anilines is 2. The molecule has 0 aliphatic carbocycles. The summed E-state index contributed by atoms with van der Waals surface area (Å²) in [6.45, 7) is 2.60. The van der Waals surface area contributed by atoms with Crippen LogP contribution < -0.4 is 10.6 Å². The van der Waals surface area contributed by atoms with E-state index >= 15 is 0 Å². The number of nitrogens with one attached hydrogen (secondary N) is 2. The van der Waals surface area contributed by atoms with Crippen LogP contribution >= 0.6 is 11.6 Å². The number of hydrogen-bond donors (Lipinski definition) is 2. The van der Waals surface area contributed by atoms with Crippen molar-refractivity contribution >= 4 is 34.9 Å². The first kappa shape index (κ1) is 18.8. The molecule has 0 aromatic heterocycles. The lowest BCUT2D eigenvalue weighted by molar-refractivity contribution is -0.115. The Morgan fingerprint density at radius 2 is 1.84 bits per heavy atom. The number of halogens is 1. The Bertz CT molecular complexity index is 745. The summed E-state index contributed by atoms with van der Waals surface area (Å²) in [5, 5.41) is 6.28. The van der Waals surface area contributed by atoms with Gasteiger partial charge in [-0.2, -0.15) is 0 Å². The maximum absolute atomic E-state index is 12.1. The molecule has 0 spiro atoms. The summed E-state index contributed by atoms with van der Waals surface area (Å²) in [5.41, 5.74) is 2.96. The molecule has 5 nitrogen and oxygen atoms in total. The number of benzene rings is 2. The van der Waals surface area contributed by atoms with Crippen LogP contribution in [0, 0.1) is 0 Å². The van der Waals surface area contributed by atoms with Crippen molar-refractivity contribution in [1.82, 2.24) is 0 Å². The second-order valence-electron chi connectivity index (χ2n) is 5.46. The lowest BCUT2D eigenvalue weighted by Crippen LogP contribution is -2.17. The van der Waals surface area contributed by atoms with Crippen LogP contribution in [0.4, 0.5) is 11.4 Å². The van der Waals surface area contributed by atoms with E-state index in [4.69, 9.17) is 11.6 Å². The standard InChI is InChI=1S/C19H21ClN2O3/c1-3-13-4-7-15(8-5-13)21-11-10-18(23)22-17-12-14(19(24)25-2)6-9-16(17)20/h4-9,12,21H,3,10-11H2,1-2H3,(H,22,23). The normalized spacial score (nSPS) is 10.2. The van der Waals surface area contributed by atoms with Crippen LogP contribution in [0.1, 0.15) is 29.3 Å². The van der Waals surface area contributed by atoms with Crippen molar-refractivity contribution in [3.05, 3.63) is 58.6 Å². The number of ether oxygens (including phenoxy) is 1. The van der Waals surface area contributed by atoms with E-state index in [1.807, 2.05) is 12.1 Å². The monoisotopic (exact) mass is 360 g/mol. The summed E-state index contributed by atoms with van der Waals surface area (Å²) < 4.78 is 4.66. The minimum atomic E-state index is -0.482. The van der Waals surface area contributed by atoms with E-state index in [0.717, 1.165) is 12.1 Å². The molecule has 6 heteroatoms. The van der Waals surface area contributed by atoms with Gasteiger partial charge in [-0.25, -0.2) is 4.79 Å². The molecular formula is C19H21ClN2O3. The van der Waals surface area contributed by atoms with E-state index in [9.17, 15) is 9.59 Å². The van der Waals surface area contributed by atoms with Crippen LogP contribution in [-0.4, -0.2) is 25.5 Å². The Labute approximate surface area is 152 Å². The Morgan fingerprint density at radius 1 is 1.12 bits per heavy atom. The van der Waals surface area contributed by atoms with Crippen molar-refractivity contribution in [3.8, 4) is 0 Å². The molecule has 0 fully saturated rings. The number of amides is 1. The molecule has 2 aromatic carbocycles. The minimum absolute atomic E-state index is 0.193. The van der Waals surface area contributed by atoms with Crippen molar-refractivity contribution in [1.29, 1.82) is 0 Å². The minimum Gasteiger partial charge on any atom is -0.465 e. The van der Waals surface area contributed by atoms with Gasteiger partial charge in [-0.3, -0.25) is 4.79 Å². The van der Waals surface area contributed by atoms with Gasteiger partial charge in [-0.15, -0.1) is 0 Å². The third-order valence-electron chi connectivity index (χ3n) is 3.70. The number of methoxy groups -OCH3 is 1. The van der Waals surface area contributed by atoms with Crippen molar-refractivity contribution in [2.24, 2.45) is 0 Å². The molecule has 0 aliphatic heterocycles. The first-order valence-corrected chi connectivity index (χ1v) is 8.41. The highest BCUT2D eigenvalue weighted by Crippen LogP contribution is 2.23. The molecule has 0 unspecified atom stereocenters. The highest BCUT2D eigenvalue weighted by atomic mass is 35.5. The highest BCUT2D eigenvalue weighted by Gasteiger charge is 2.11. The number of carbonyl (C=O) groups is 2. The predicted octanol–water partition coefficient (Wildman–Crippen LogP) is 4.13. The van der Waals surface area contributed by atoms with Crippen LogP contribution in [0.25, 0.3) is 0 Å². The van der Waals surface area contributed by atoms with Gasteiger partial charge in [0.25, 0.3) is 0 Å². The smallest absolute Gasteiger partial charge is 0.337 e. The average Bonchev–Trinajstić information content (AvgIpc) is 2.63. The van der Waals surface area contributed by atoms with Crippen molar-refractivity contribution in [3.63, 3.8) is 0 Å². The van der Waals surface area contributed by atoms with E-state index in [1.54, 1.807) is 12.1 Å². The Morgan fingerprint density at radius 3 is 2.48 bits per heavy atom.